The van der Waals surface area contributed by atoms with Crippen molar-refractivity contribution in [2.75, 3.05) is 12.0 Å². The van der Waals surface area contributed by atoms with Gasteiger partial charge in [-0.15, -0.1) is 0 Å². The Morgan fingerprint density at radius 3 is 2.86 bits per heavy atom. The molecule has 0 radical (unpaired) electrons. The number of rotatable bonds is 5. The predicted molar refractivity (Wildman–Crippen MR) is 83.8 cm³/mol. The summed E-state index contributed by atoms with van der Waals surface area (Å²) in [7, 11) is 0. The van der Waals surface area contributed by atoms with Crippen molar-refractivity contribution < 1.29 is 4.79 Å². The summed E-state index contributed by atoms with van der Waals surface area (Å²) in [4.78, 5) is 16.5. The number of hydrogen-bond donors (Lipinski definition) is 3. The van der Waals surface area contributed by atoms with Crippen LogP contribution in [-0.2, 0) is 0 Å². The number of hydrogen-bond acceptors (Lipinski definition) is 4. The van der Waals surface area contributed by atoms with E-state index in [1.165, 1.54) is 19.3 Å². The zero-order valence-electron chi connectivity index (χ0n) is 11.9. The van der Waals surface area contributed by atoms with Crippen molar-refractivity contribution in [3.63, 3.8) is 0 Å². The number of pyridine rings is 1. The van der Waals surface area contributed by atoms with Crippen molar-refractivity contribution in [3.8, 4) is 0 Å². The van der Waals surface area contributed by atoms with Gasteiger partial charge in [0.2, 0.25) is 0 Å². The van der Waals surface area contributed by atoms with Crippen molar-refractivity contribution >= 4 is 22.5 Å². The predicted octanol–water partition coefficient (Wildman–Crippen LogP) is 2.44. The second kappa shape index (κ2) is 6.10. The lowest BCUT2D eigenvalue weighted by atomic mass is 9.83. The van der Waals surface area contributed by atoms with E-state index in [4.69, 9.17) is 5.84 Å². The fourth-order valence-electron chi connectivity index (χ4n) is 2.69. The summed E-state index contributed by atoms with van der Waals surface area (Å²) in [6.45, 7) is 0.712. The summed E-state index contributed by atoms with van der Waals surface area (Å²) < 4.78 is 0. The van der Waals surface area contributed by atoms with Crippen molar-refractivity contribution in [1.82, 2.24) is 10.3 Å². The van der Waals surface area contributed by atoms with E-state index in [-0.39, 0.29) is 5.91 Å². The van der Waals surface area contributed by atoms with Gasteiger partial charge < -0.3 is 10.7 Å². The first-order valence-electron chi connectivity index (χ1n) is 7.42. The Morgan fingerprint density at radius 1 is 1.33 bits per heavy atom. The highest BCUT2D eigenvalue weighted by Crippen LogP contribution is 2.28. The molecule has 110 valence electrons. The molecule has 0 aliphatic heterocycles. The smallest absolute Gasteiger partial charge is 0.269 e. The molecule has 0 unspecified atom stereocenters. The quantitative estimate of drug-likeness (QED) is 0.582. The molecule has 1 aromatic heterocycles. The molecule has 1 saturated carbocycles. The van der Waals surface area contributed by atoms with E-state index in [1.807, 2.05) is 24.3 Å². The molecule has 0 atom stereocenters. The van der Waals surface area contributed by atoms with Gasteiger partial charge >= 0.3 is 0 Å². The van der Waals surface area contributed by atoms with Gasteiger partial charge in [-0.05, 0) is 23.8 Å². The maximum Gasteiger partial charge on any atom is 0.269 e. The lowest BCUT2D eigenvalue weighted by molar-refractivity contribution is 0.0944. The van der Waals surface area contributed by atoms with E-state index >= 15 is 0 Å². The highest BCUT2D eigenvalue weighted by atomic mass is 16.1. The van der Waals surface area contributed by atoms with Crippen LogP contribution in [-0.4, -0.2) is 17.4 Å². The Balaban J connectivity index is 1.74. The molecule has 0 saturated heterocycles. The van der Waals surface area contributed by atoms with Crippen LogP contribution in [0.1, 0.15) is 36.2 Å². The topological polar surface area (TPSA) is 80.0 Å². The van der Waals surface area contributed by atoms with Gasteiger partial charge in [-0.3, -0.25) is 4.79 Å². The molecule has 0 bridgehead atoms. The van der Waals surface area contributed by atoms with E-state index in [0.29, 0.717) is 18.1 Å². The highest BCUT2D eigenvalue weighted by molar-refractivity contribution is 6.00. The van der Waals surface area contributed by atoms with Gasteiger partial charge in [0.05, 0.1) is 0 Å². The summed E-state index contributed by atoms with van der Waals surface area (Å²) >= 11 is 0. The highest BCUT2D eigenvalue weighted by Gasteiger charge is 2.17. The van der Waals surface area contributed by atoms with E-state index in [9.17, 15) is 4.79 Å². The van der Waals surface area contributed by atoms with Crippen molar-refractivity contribution in [2.45, 2.75) is 25.7 Å². The molecule has 1 amide bonds. The number of fused-ring (bicyclic) bond motifs is 1. The zero-order chi connectivity index (χ0) is 14.7. The van der Waals surface area contributed by atoms with E-state index in [1.54, 1.807) is 6.07 Å². The molecule has 1 aromatic carbocycles. The molecule has 21 heavy (non-hydrogen) atoms. The minimum absolute atomic E-state index is 0.142. The lowest BCUT2D eigenvalue weighted by Crippen LogP contribution is -2.28. The number of hydrazine groups is 1. The van der Waals surface area contributed by atoms with Crippen molar-refractivity contribution in [1.29, 1.82) is 0 Å². The average Bonchev–Trinajstić information content (AvgIpc) is 2.48. The number of nitrogen functional groups attached to an aromatic ring is 1. The Kier molecular flexibility index (Phi) is 4.01. The van der Waals surface area contributed by atoms with Crippen LogP contribution >= 0.6 is 0 Å². The summed E-state index contributed by atoms with van der Waals surface area (Å²) in [5, 5.41) is 4.80. The van der Waals surface area contributed by atoms with Gasteiger partial charge in [0.1, 0.15) is 11.5 Å². The minimum Gasteiger partial charge on any atom is -0.351 e. The number of nitrogens with zero attached hydrogens (tertiary/aromatic N) is 1. The van der Waals surface area contributed by atoms with E-state index < -0.39 is 0 Å². The molecule has 1 aliphatic carbocycles. The third kappa shape index (κ3) is 2.97. The Morgan fingerprint density at radius 2 is 2.14 bits per heavy atom. The molecule has 3 rings (SSSR count). The van der Waals surface area contributed by atoms with Crippen LogP contribution in [0.25, 0.3) is 10.8 Å². The Labute approximate surface area is 123 Å². The summed E-state index contributed by atoms with van der Waals surface area (Å²) in [5.41, 5.74) is 2.97. The van der Waals surface area contributed by atoms with Gasteiger partial charge in [-0.1, -0.05) is 43.5 Å². The second-order valence-electron chi connectivity index (χ2n) is 5.56. The first kappa shape index (κ1) is 13.8. The van der Waals surface area contributed by atoms with Gasteiger partial charge in [0, 0.05) is 11.9 Å². The van der Waals surface area contributed by atoms with Crippen molar-refractivity contribution in [2.24, 2.45) is 11.8 Å². The molecular weight excluding hydrogens is 264 g/mol. The molecule has 5 heteroatoms. The van der Waals surface area contributed by atoms with Crippen LogP contribution in [0.4, 0.5) is 5.82 Å². The first-order chi connectivity index (χ1) is 10.3. The molecule has 0 spiro atoms. The third-order valence-corrected chi connectivity index (χ3v) is 4.17. The van der Waals surface area contributed by atoms with Gasteiger partial charge in [-0.2, -0.15) is 0 Å². The standard InChI is InChI=1S/C16H20N4O/c17-20-15-13-7-2-1-6-12(13)10-14(19-15)16(21)18-9-8-11-4-3-5-11/h1-2,6-7,10-11H,3-5,8-9,17H2,(H,18,21)(H,19,20). The summed E-state index contributed by atoms with van der Waals surface area (Å²) in [5.74, 6) is 6.68. The number of aromatic nitrogens is 1. The molecule has 1 heterocycles. The van der Waals surface area contributed by atoms with E-state index in [0.717, 1.165) is 23.1 Å². The second-order valence-corrected chi connectivity index (χ2v) is 5.56. The monoisotopic (exact) mass is 284 g/mol. The number of carbonyl (C=O) groups is 1. The fourth-order valence-corrected chi connectivity index (χ4v) is 2.69. The number of nitrogens with two attached hydrogens (primary N) is 1. The van der Waals surface area contributed by atoms with Crippen LogP contribution in [0.2, 0.25) is 0 Å². The molecule has 1 aliphatic rings. The number of benzene rings is 1. The normalized spacial score (nSPS) is 14.7. The van der Waals surface area contributed by atoms with Gasteiger partial charge in [0.25, 0.3) is 5.91 Å². The maximum absolute atomic E-state index is 12.2. The summed E-state index contributed by atoms with van der Waals surface area (Å²) in [6, 6.07) is 9.53. The van der Waals surface area contributed by atoms with E-state index in [2.05, 4.69) is 15.7 Å². The maximum atomic E-state index is 12.2. The molecule has 1 fully saturated rings. The van der Waals surface area contributed by atoms with Gasteiger partial charge in [-0.25, -0.2) is 10.8 Å². The third-order valence-electron chi connectivity index (χ3n) is 4.17. The SMILES string of the molecule is NNc1nc(C(=O)NCCC2CCC2)cc2ccccc12. The molecule has 2 aromatic rings. The number of amides is 1. The summed E-state index contributed by atoms with van der Waals surface area (Å²) in [6.07, 6.45) is 4.98. The molecular formula is C16H20N4O. The largest absolute Gasteiger partial charge is 0.351 e. The Hall–Kier alpha value is -2.14. The van der Waals surface area contributed by atoms with Crippen LogP contribution in [0.5, 0.6) is 0 Å². The van der Waals surface area contributed by atoms with Crippen LogP contribution in [0.15, 0.2) is 30.3 Å². The molecule has 5 nitrogen and oxygen atoms in total. The number of carbonyl (C=O) groups excluding carboxylic acids is 1. The lowest BCUT2D eigenvalue weighted by Gasteiger charge is -2.25. The van der Waals surface area contributed by atoms with Crippen LogP contribution in [0.3, 0.4) is 0 Å². The molecule has 4 N–H and O–H groups in total. The van der Waals surface area contributed by atoms with Crippen molar-refractivity contribution in [3.05, 3.63) is 36.0 Å². The average molecular weight is 284 g/mol. The minimum atomic E-state index is -0.142. The number of anilines is 1. The Bertz CT molecular complexity index is 652. The first-order valence-corrected chi connectivity index (χ1v) is 7.42. The van der Waals surface area contributed by atoms with Crippen LogP contribution < -0.4 is 16.6 Å². The zero-order valence-corrected chi connectivity index (χ0v) is 11.9. The fraction of sp³-hybridized carbons (Fsp3) is 0.375. The number of nitrogens with one attached hydrogen (secondary N) is 2. The van der Waals surface area contributed by atoms with Crippen LogP contribution in [0, 0.1) is 5.92 Å². The van der Waals surface area contributed by atoms with Gasteiger partial charge in [0.15, 0.2) is 0 Å².